The second-order valence-corrected chi connectivity index (χ2v) is 5.45. The summed E-state index contributed by atoms with van der Waals surface area (Å²) in [4.78, 5) is 17.0. The number of hydrogen-bond acceptors (Lipinski definition) is 4. The number of anilines is 1. The van der Waals surface area contributed by atoms with Gasteiger partial charge >= 0.3 is 0 Å². The van der Waals surface area contributed by atoms with Crippen LogP contribution in [0.4, 0.5) is 11.5 Å². The molecule has 0 bridgehead atoms. The van der Waals surface area contributed by atoms with Gasteiger partial charge in [0.1, 0.15) is 12.0 Å². The van der Waals surface area contributed by atoms with E-state index in [9.17, 15) is 10.1 Å². The summed E-state index contributed by atoms with van der Waals surface area (Å²) < 4.78 is 0. The van der Waals surface area contributed by atoms with Crippen LogP contribution in [-0.4, -0.2) is 23.0 Å². The highest BCUT2D eigenvalue weighted by Gasteiger charge is 2.33. The molecule has 2 heterocycles. The first-order valence-corrected chi connectivity index (χ1v) is 6.66. The van der Waals surface area contributed by atoms with Crippen LogP contribution in [-0.2, 0) is 0 Å². The minimum atomic E-state index is -0.375. The molecule has 19 heavy (non-hydrogen) atoms. The molecule has 0 amide bonds. The smallest absolute Gasteiger partial charge is 0.290 e. The molecule has 2 unspecified atom stereocenters. The second-order valence-electron chi connectivity index (χ2n) is 5.45. The van der Waals surface area contributed by atoms with Gasteiger partial charge in [-0.3, -0.25) is 10.1 Å². The Morgan fingerprint density at radius 2 is 1.95 bits per heavy atom. The van der Waals surface area contributed by atoms with Crippen molar-refractivity contribution in [2.24, 2.45) is 11.8 Å². The van der Waals surface area contributed by atoms with Crippen LogP contribution in [0.2, 0.25) is 0 Å². The van der Waals surface area contributed by atoms with Crippen molar-refractivity contribution in [3.63, 3.8) is 0 Å². The van der Waals surface area contributed by atoms with E-state index >= 15 is 0 Å². The molecule has 0 N–H and O–H groups in total. The summed E-state index contributed by atoms with van der Waals surface area (Å²) in [6.07, 6.45) is 8.20. The van der Waals surface area contributed by atoms with Gasteiger partial charge in [-0.1, -0.05) is 12.2 Å². The fraction of sp³-hybridized carbons (Fsp3) is 0.500. The number of allylic oxidation sites excluding steroid dienone is 2. The summed E-state index contributed by atoms with van der Waals surface area (Å²) in [5, 5.41) is 10.8. The maximum atomic E-state index is 10.8. The predicted octanol–water partition coefficient (Wildman–Crippen LogP) is 2.70. The Balaban J connectivity index is 1.80. The third kappa shape index (κ3) is 2.20. The molecule has 1 aromatic rings. The normalized spacial score (nSPS) is 25.4. The second kappa shape index (κ2) is 4.64. The predicted molar refractivity (Wildman–Crippen MR) is 73.2 cm³/mol. The molecule has 5 heteroatoms. The molecule has 1 aliphatic carbocycles. The Hall–Kier alpha value is -1.91. The van der Waals surface area contributed by atoms with Crippen LogP contribution in [0, 0.1) is 28.9 Å². The van der Waals surface area contributed by atoms with Crippen molar-refractivity contribution in [1.29, 1.82) is 0 Å². The zero-order valence-corrected chi connectivity index (χ0v) is 11.0. The lowest BCUT2D eigenvalue weighted by molar-refractivity contribution is -0.385. The summed E-state index contributed by atoms with van der Waals surface area (Å²) in [7, 11) is 0. The Morgan fingerprint density at radius 3 is 2.47 bits per heavy atom. The van der Waals surface area contributed by atoms with Crippen molar-refractivity contribution in [3.05, 3.63) is 40.1 Å². The average Bonchev–Trinajstić information content (AvgIpc) is 2.81. The van der Waals surface area contributed by atoms with Crippen molar-refractivity contribution in [2.45, 2.75) is 19.8 Å². The van der Waals surface area contributed by atoms with Gasteiger partial charge in [0.05, 0.1) is 4.92 Å². The number of aryl methyl sites for hydroxylation is 1. The largest absolute Gasteiger partial charge is 0.356 e. The van der Waals surface area contributed by atoms with E-state index in [0.717, 1.165) is 31.7 Å². The Morgan fingerprint density at radius 1 is 1.32 bits per heavy atom. The van der Waals surface area contributed by atoms with E-state index in [-0.39, 0.29) is 10.6 Å². The number of aromatic nitrogens is 1. The van der Waals surface area contributed by atoms with E-state index in [2.05, 4.69) is 22.0 Å². The highest BCUT2D eigenvalue weighted by molar-refractivity contribution is 5.49. The zero-order valence-electron chi connectivity index (χ0n) is 11.0. The van der Waals surface area contributed by atoms with E-state index in [1.807, 2.05) is 6.07 Å². The number of pyridine rings is 1. The number of fused-ring (bicyclic) bond motifs is 1. The molecule has 3 rings (SSSR count). The van der Waals surface area contributed by atoms with E-state index in [1.165, 1.54) is 6.20 Å². The highest BCUT2D eigenvalue weighted by Crippen LogP contribution is 2.35. The molecule has 5 nitrogen and oxygen atoms in total. The number of nitrogens with zero attached hydrogens (tertiary/aromatic N) is 3. The molecule has 2 aliphatic rings. The molecule has 100 valence electrons. The van der Waals surface area contributed by atoms with Gasteiger partial charge in [0.2, 0.25) is 0 Å². The average molecular weight is 259 g/mol. The van der Waals surface area contributed by atoms with Gasteiger partial charge in [0.15, 0.2) is 0 Å². The first-order chi connectivity index (χ1) is 9.15. The van der Waals surface area contributed by atoms with Gasteiger partial charge in [0.25, 0.3) is 5.69 Å². The maximum absolute atomic E-state index is 10.8. The molecule has 1 saturated heterocycles. The maximum Gasteiger partial charge on any atom is 0.290 e. The van der Waals surface area contributed by atoms with Gasteiger partial charge in [-0.05, 0) is 37.7 Å². The van der Waals surface area contributed by atoms with Crippen molar-refractivity contribution in [3.8, 4) is 0 Å². The molecule has 1 aliphatic heterocycles. The van der Waals surface area contributed by atoms with Crippen LogP contribution in [0.15, 0.2) is 24.4 Å². The lowest BCUT2D eigenvalue weighted by Gasteiger charge is -2.17. The van der Waals surface area contributed by atoms with E-state index in [4.69, 9.17) is 0 Å². The third-order valence-electron chi connectivity index (χ3n) is 4.21. The first kappa shape index (κ1) is 12.1. The number of rotatable bonds is 2. The molecule has 2 atom stereocenters. The van der Waals surface area contributed by atoms with Crippen molar-refractivity contribution < 1.29 is 4.92 Å². The molecule has 0 saturated carbocycles. The molecule has 0 spiro atoms. The molecule has 0 radical (unpaired) electrons. The monoisotopic (exact) mass is 259 g/mol. The van der Waals surface area contributed by atoms with Crippen LogP contribution in [0.3, 0.4) is 0 Å². The Labute approximate surface area is 112 Å². The van der Waals surface area contributed by atoms with Crippen LogP contribution < -0.4 is 4.90 Å². The highest BCUT2D eigenvalue weighted by atomic mass is 16.6. The van der Waals surface area contributed by atoms with Gasteiger partial charge in [-0.25, -0.2) is 4.98 Å². The van der Waals surface area contributed by atoms with Gasteiger partial charge in [-0.2, -0.15) is 0 Å². The summed E-state index contributed by atoms with van der Waals surface area (Å²) >= 11 is 0. The van der Waals surface area contributed by atoms with E-state index < -0.39 is 0 Å². The van der Waals surface area contributed by atoms with E-state index in [1.54, 1.807) is 6.92 Å². The van der Waals surface area contributed by atoms with Crippen molar-refractivity contribution in [1.82, 2.24) is 4.98 Å². The standard InChI is InChI=1S/C14H17N3O2/c1-10-6-14(15-7-13(10)17(18)19)16-8-11-4-2-3-5-12(11)9-16/h2-3,6-7,11-12H,4-5,8-9H2,1H3. The van der Waals surface area contributed by atoms with Crippen molar-refractivity contribution >= 4 is 11.5 Å². The SMILES string of the molecule is Cc1cc(N2CC3CC=CCC3C2)ncc1[N+](=O)[O-]. The van der Waals surface area contributed by atoms with Crippen molar-refractivity contribution in [2.75, 3.05) is 18.0 Å². The minimum Gasteiger partial charge on any atom is -0.356 e. The third-order valence-corrected chi connectivity index (χ3v) is 4.21. The zero-order chi connectivity index (χ0) is 13.4. The van der Waals surface area contributed by atoms with Gasteiger partial charge < -0.3 is 4.90 Å². The summed E-state index contributed by atoms with van der Waals surface area (Å²) in [5.41, 5.74) is 0.782. The lowest BCUT2D eigenvalue weighted by Crippen LogP contribution is -2.21. The Bertz CT molecular complexity index is 525. The fourth-order valence-corrected chi connectivity index (χ4v) is 3.10. The van der Waals surface area contributed by atoms with Crippen LogP contribution >= 0.6 is 0 Å². The number of nitro groups is 1. The summed E-state index contributed by atoms with van der Waals surface area (Å²) in [6.45, 7) is 3.80. The first-order valence-electron chi connectivity index (χ1n) is 6.66. The quantitative estimate of drug-likeness (QED) is 0.465. The molecule has 1 aromatic heterocycles. The lowest BCUT2D eigenvalue weighted by atomic mass is 9.86. The minimum absolute atomic E-state index is 0.0991. The van der Waals surface area contributed by atoms with E-state index in [0.29, 0.717) is 17.4 Å². The van der Waals surface area contributed by atoms with Crippen LogP contribution in [0.1, 0.15) is 18.4 Å². The molecule has 0 aromatic carbocycles. The van der Waals surface area contributed by atoms with Gasteiger partial charge in [0, 0.05) is 18.7 Å². The summed E-state index contributed by atoms with van der Waals surface area (Å²) in [5.74, 6) is 2.29. The fourth-order valence-electron chi connectivity index (χ4n) is 3.10. The van der Waals surface area contributed by atoms with Crippen LogP contribution in [0.5, 0.6) is 0 Å². The van der Waals surface area contributed by atoms with Gasteiger partial charge in [-0.15, -0.1) is 0 Å². The summed E-state index contributed by atoms with van der Waals surface area (Å²) in [6, 6.07) is 1.84. The topological polar surface area (TPSA) is 59.3 Å². The molecular formula is C14H17N3O2. The van der Waals surface area contributed by atoms with Crippen LogP contribution in [0.25, 0.3) is 0 Å². The number of hydrogen-bond donors (Lipinski definition) is 0. The molecular weight excluding hydrogens is 242 g/mol. The Kier molecular flexibility index (Phi) is 2.97. The molecule has 1 fully saturated rings.